The summed E-state index contributed by atoms with van der Waals surface area (Å²) in [4.78, 5) is 14.2. The molecular weight excluding hydrogens is 467 g/mol. The van der Waals surface area contributed by atoms with E-state index in [1.807, 2.05) is 16.6 Å². The Bertz CT molecular complexity index is 1440. The number of nitrogens with zero attached hydrogens (tertiary/aromatic N) is 4. The maximum Gasteiger partial charge on any atom is 0.257 e. The van der Waals surface area contributed by atoms with E-state index in [-0.39, 0.29) is 24.1 Å². The summed E-state index contributed by atoms with van der Waals surface area (Å²) in [5.74, 6) is -0.696. The maximum absolute atomic E-state index is 17.1. The van der Waals surface area contributed by atoms with Crippen LogP contribution in [0.15, 0.2) is 65.6 Å². The summed E-state index contributed by atoms with van der Waals surface area (Å²) in [6.45, 7) is 2.09. The smallest absolute Gasteiger partial charge is 0.257 e. The molecule has 1 fully saturated rings. The van der Waals surface area contributed by atoms with E-state index in [1.54, 1.807) is 47.2 Å². The number of aryl methyl sites for hydroxylation is 1. The Morgan fingerprint density at radius 1 is 1.19 bits per heavy atom. The van der Waals surface area contributed by atoms with E-state index in [9.17, 15) is 15.2 Å². The zero-order chi connectivity index (χ0) is 26.0. The van der Waals surface area contributed by atoms with Crippen LogP contribution in [0, 0.1) is 11.3 Å². The molecule has 1 saturated carbocycles. The van der Waals surface area contributed by atoms with Gasteiger partial charge in [-0.05, 0) is 56.2 Å². The van der Waals surface area contributed by atoms with Crippen LogP contribution in [0.5, 0.6) is 0 Å². The third-order valence-corrected chi connectivity index (χ3v) is 7.92. The zero-order valence-corrected chi connectivity index (χ0v) is 21.2. The first-order chi connectivity index (χ1) is 18.0. The normalized spacial score (nSPS) is 25.4. The van der Waals surface area contributed by atoms with Gasteiger partial charge in [0.2, 0.25) is 0 Å². The van der Waals surface area contributed by atoms with Crippen LogP contribution in [-0.4, -0.2) is 31.1 Å². The minimum absolute atomic E-state index is 0.0680. The number of aliphatic hydroxyl groups is 1. The highest BCUT2D eigenvalue weighted by molar-refractivity contribution is 5.48. The molecule has 1 N–H and O–H groups in total. The number of allylic oxidation sites excluding steroid dienone is 4. The minimum atomic E-state index is -1.89. The molecule has 192 valence electrons. The Labute approximate surface area is 216 Å². The van der Waals surface area contributed by atoms with Gasteiger partial charge in [0.15, 0.2) is 0 Å². The van der Waals surface area contributed by atoms with Gasteiger partial charge in [0, 0.05) is 30.0 Å². The molecule has 37 heavy (non-hydrogen) atoms. The number of nitriles is 1. The SMILES string of the molecule is CCCCc1c(CC2(F)C=CC=CC2c2ccccc2C#N)c(=O)n([C@H]2CC[C@H](O)CC2)c2ccnn12. The number of hydrogen-bond donors (Lipinski definition) is 1. The highest BCUT2D eigenvalue weighted by Gasteiger charge is 2.41. The first-order valence-electron chi connectivity index (χ1n) is 13.3. The van der Waals surface area contributed by atoms with E-state index in [0.29, 0.717) is 48.8 Å². The fourth-order valence-electron chi connectivity index (χ4n) is 5.96. The summed E-state index contributed by atoms with van der Waals surface area (Å²) in [7, 11) is 0. The number of benzene rings is 1. The van der Waals surface area contributed by atoms with E-state index >= 15 is 4.39 Å². The number of aromatic nitrogens is 3. The minimum Gasteiger partial charge on any atom is -0.393 e. The van der Waals surface area contributed by atoms with Crippen molar-refractivity contribution in [3.05, 3.63) is 93.6 Å². The fraction of sp³-hybridized carbons (Fsp3) is 0.433. The lowest BCUT2D eigenvalue weighted by Crippen LogP contribution is -2.39. The Kier molecular flexibility index (Phi) is 7.12. The van der Waals surface area contributed by atoms with Crippen LogP contribution in [0.25, 0.3) is 5.65 Å². The van der Waals surface area contributed by atoms with E-state index in [4.69, 9.17) is 0 Å². The zero-order valence-electron chi connectivity index (χ0n) is 21.2. The molecule has 0 spiro atoms. The van der Waals surface area contributed by atoms with Gasteiger partial charge in [-0.3, -0.25) is 9.36 Å². The number of halogens is 1. The second-order valence-electron chi connectivity index (χ2n) is 10.3. The Morgan fingerprint density at radius 2 is 1.97 bits per heavy atom. The van der Waals surface area contributed by atoms with Crippen LogP contribution in [0.4, 0.5) is 4.39 Å². The number of hydrogen-bond acceptors (Lipinski definition) is 4. The van der Waals surface area contributed by atoms with Crippen molar-refractivity contribution in [1.82, 2.24) is 14.2 Å². The van der Waals surface area contributed by atoms with E-state index in [1.165, 1.54) is 6.08 Å². The van der Waals surface area contributed by atoms with Crippen LogP contribution in [-0.2, 0) is 12.8 Å². The molecule has 7 heteroatoms. The molecule has 2 heterocycles. The molecule has 2 aliphatic rings. The average molecular weight is 501 g/mol. The standard InChI is InChI=1S/C30H33FN4O2/c1-2-3-11-27-25(19-30(31)17-7-6-10-26(30)24-9-5-4-8-21(24)20-32)29(37)34(28-16-18-33-35(27)28)22-12-14-23(36)15-13-22/h4-10,16-18,22-23,26,36H,2-3,11-15,19H2,1H3/t22-,23-,26?,30?. The molecule has 2 aliphatic carbocycles. The molecule has 0 bridgehead atoms. The van der Waals surface area contributed by atoms with Gasteiger partial charge in [-0.15, -0.1) is 0 Å². The summed E-state index contributed by atoms with van der Waals surface area (Å²) >= 11 is 0. The molecular formula is C30H33FN4O2. The number of alkyl halides is 1. The Balaban J connectivity index is 1.66. The lowest BCUT2D eigenvalue weighted by Gasteiger charge is -2.34. The lowest BCUT2D eigenvalue weighted by molar-refractivity contribution is 0.110. The van der Waals surface area contributed by atoms with Gasteiger partial charge in [0.1, 0.15) is 11.3 Å². The van der Waals surface area contributed by atoms with Gasteiger partial charge in [0.05, 0.1) is 29.6 Å². The van der Waals surface area contributed by atoms with E-state index in [0.717, 1.165) is 24.2 Å². The molecule has 6 nitrogen and oxygen atoms in total. The van der Waals surface area contributed by atoms with Crippen LogP contribution in [0.3, 0.4) is 0 Å². The topological polar surface area (TPSA) is 83.3 Å². The number of rotatable bonds is 7. The Morgan fingerprint density at radius 3 is 2.73 bits per heavy atom. The predicted octanol–water partition coefficient (Wildman–Crippen LogP) is 5.35. The van der Waals surface area contributed by atoms with Crippen molar-refractivity contribution in [2.45, 2.75) is 82.0 Å². The predicted molar refractivity (Wildman–Crippen MR) is 141 cm³/mol. The summed E-state index contributed by atoms with van der Waals surface area (Å²) in [5, 5.41) is 24.3. The molecule has 0 aliphatic heterocycles. The largest absolute Gasteiger partial charge is 0.393 e. The summed E-state index contributed by atoms with van der Waals surface area (Å²) in [5.41, 5.74) is 0.908. The Hall–Kier alpha value is -3.50. The van der Waals surface area contributed by atoms with Gasteiger partial charge in [0.25, 0.3) is 5.56 Å². The van der Waals surface area contributed by atoms with E-state index < -0.39 is 11.6 Å². The summed E-state index contributed by atoms with van der Waals surface area (Å²) in [6, 6.07) is 11.1. The molecule has 5 rings (SSSR count). The van der Waals surface area contributed by atoms with Gasteiger partial charge in [-0.1, -0.05) is 49.8 Å². The molecule has 2 unspecified atom stereocenters. The van der Waals surface area contributed by atoms with Crippen molar-refractivity contribution in [2.75, 3.05) is 0 Å². The lowest BCUT2D eigenvalue weighted by atomic mass is 9.75. The first-order valence-corrected chi connectivity index (χ1v) is 13.3. The van der Waals surface area contributed by atoms with Crippen molar-refractivity contribution in [2.24, 2.45) is 0 Å². The highest BCUT2D eigenvalue weighted by atomic mass is 19.1. The third-order valence-electron chi connectivity index (χ3n) is 7.92. The average Bonchev–Trinajstić information content (AvgIpc) is 3.39. The monoisotopic (exact) mass is 500 g/mol. The van der Waals surface area contributed by atoms with Crippen LogP contribution >= 0.6 is 0 Å². The van der Waals surface area contributed by atoms with Crippen molar-refractivity contribution in [1.29, 1.82) is 5.26 Å². The van der Waals surface area contributed by atoms with Gasteiger partial charge < -0.3 is 5.11 Å². The van der Waals surface area contributed by atoms with Crippen molar-refractivity contribution < 1.29 is 9.50 Å². The summed E-state index contributed by atoms with van der Waals surface area (Å²) in [6.07, 6.45) is 13.1. The second kappa shape index (κ2) is 10.5. The molecule has 0 amide bonds. The number of unbranched alkanes of at least 4 members (excludes halogenated alkanes) is 1. The van der Waals surface area contributed by atoms with Gasteiger partial charge >= 0.3 is 0 Å². The molecule has 0 radical (unpaired) electrons. The fourth-order valence-corrected chi connectivity index (χ4v) is 5.96. The molecule has 2 atom stereocenters. The molecule has 3 aromatic rings. The van der Waals surface area contributed by atoms with Gasteiger partial charge in [-0.2, -0.15) is 10.4 Å². The summed E-state index contributed by atoms with van der Waals surface area (Å²) < 4.78 is 20.7. The second-order valence-corrected chi connectivity index (χ2v) is 10.3. The van der Waals surface area contributed by atoms with Crippen LogP contribution in [0.1, 0.15) is 79.8 Å². The van der Waals surface area contributed by atoms with Crippen molar-refractivity contribution in [3.63, 3.8) is 0 Å². The maximum atomic E-state index is 17.1. The first kappa shape index (κ1) is 25.2. The van der Waals surface area contributed by atoms with Crippen LogP contribution < -0.4 is 5.56 Å². The van der Waals surface area contributed by atoms with Gasteiger partial charge in [-0.25, -0.2) is 8.91 Å². The third kappa shape index (κ3) is 4.67. The van der Waals surface area contributed by atoms with Crippen molar-refractivity contribution >= 4 is 5.65 Å². The molecule has 0 saturated heterocycles. The van der Waals surface area contributed by atoms with Crippen LogP contribution in [0.2, 0.25) is 0 Å². The molecule has 2 aromatic heterocycles. The highest BCUT2D eigenvalue weighted by Crippen LogP contribution is 2.41. The molecule has 1 aromatic carbocycles. The number of fused-ring (bicyclic) bond motifs is 1. The number of aliphatic hydroxyl groups excluding tert-OH is 1. The quantitative estimate of drug-likeness (QED) is 0.474. The van der Waals surface area contributed by atoms with Crippen molar-refractivity contribution in [3.8, 4) is 6.07 Å². The van der Waals surface area contributed by atoms with E-state index in [2.05, 4.69) is 18.1 Å².